The van der Waals surface area contributed by atoms with Crippen LogP contribution in [0.3, 0.4) is 0 Å². The Bertz CT molecular complexity index is 816. The Labute approximate surface area is 143 Å². The quantitative estimate of drug-likeness (QED) is 0.654. The SMILES string of the molecule is CC(C)Cc1cc(O)ccc1-c1ccc(-c2ccc(O)cc2)cc1. The molecule has 3 aromatic carbocycles. The van der Waals surface area contributed by atoms with E-state index in [-0.39, 0.29) is 5.75 Å². The molecule has 3 aromatic rings. The Morgan fingerprint density at radius 2 is 1.17 bits per heavy atom. The standard InChI is InChI=1S/C22H22O2/c1-15(2)13-19-14-21(24)11-12-22(19)18-5-3-16(4-6-18)17-7-9-20(23)10-8-17/h3-12,14-15,23-24H,13H2,1-2H3. The van der Waals surface area contributed by atoms with Gasteiger partial charge in [0.1, 0.15) is 11.5 Å². The van der Waals surface area contributed by atoms with E-state index in [4.69, 9.17) is 0 Å². The number of phenols is 2. The molecule has 0 heterocycles. The maximum absolute atomic E-state index is 9.79. The number of hydrogen-bond donors (Lipinski definition) is 2. The van der Waals surface area contributed by atoms with E-state index < -0.39 is 0 Å². The summed E-state index contributed by atoms with van der Waals surface area (Å²) < 4.78 is 0. The first-order chi connectivity index (χ1) is 11.5. The summed E-state index contributed by atoms with van der Waals surface area (Å²) in [4.78, 5) is 0. The summed E-state index contributed by atoms with van der Waals surface area (Å²) in [7, 11) is 0. The van der Waals surface area contributed by atoms with Crippen LogP contribution in [0, 0.1) is 5.92 Å². The van der Waals surface area contributed by atoms with Crippen molar-refractivity contribution in [2.75, 3.05) is 0 Å². The van der Waals surface area contributed by atoms with Crippen LogP contribution >= 0.6 is 0 Å². The maximum atomic E-state index is 9.79. The van der Waals surface area contributed by atoms with Gasteiger partial charge >= 0.3 is 0 Å². The van der Waals surface area contributed by atoms with Crippen LogP contribution in [0.25, 0.3) is 22.3 Å². The fourth-order valence-corrected chi connectivity index (χ4v) is 2.97. The van der Waals surface area contributed by atoms with E-state index in [1.165, 1.54) is 11.1 Å². The van der Waals surface area contributed by atoms with Gasteiger partial charge in [-0.15, -0.1) is 0 Å². The molecular weight excluding hydrogens is 296 g/mol. The van der Waals surface area contributed by atoms with E-state index in [1.807, 2.05) is 24.3 Å². The normalized spacial score (nSPS) is 11.0. The van der Waals surface area contributed by atoms with Crippen molar-refractivity contribution in [3.63, 3.8) is 0 Å². The van der Waals surface area contributed by atoms with Gasteiger partial charge in [0.25, 0.3) is 0 Å². The van der Waals surface area contributed by atoms with E-state index in [1.54, 1.807) is 18.2 Å². The van der Waals surface area contributed by atoms with Crippen molar-refractivity contribution in [3.05, 3.63) is 72.3 Å². The largest absolute Gasteiger partial charge is 0.508 e. The van der Waals surface area contributed by atoms with Crippen LogP contribution in [0.15, 0.2) is 66.7 Å². The fourth-order valence-electron chi connectivity index (χ4n) is 2.97. The molecule has 0 bridgehead atoms. The van der Waals surface area contributed by atoms with Gasteiger partial charge in [-0.25, -0.2) is 0 Å². The molecule has 0 spiro atoms. The van der Waals surface area contributed by atoms with Crippen molar-refractivity contribution in [3.8, 4) is 33.8 Å². The first-order valence-electron chi connectivity index (χ1n) is 8.24. The van der Waals surface area contributed by atoms with Gasteiger partial charge in [-0.1, -0.05) is 56.3 Å². The predicted molar refractivity (Wildman–Crippen MR) is 99.2 cm³/mol. The second-order valence-corrected chi connectivity index (χ2v) is 6.56. The molecule has 0 saturated carbocycles. The maximum Gasteiger partial charge on any atom is 0.115 e. The molecule has 0 unspecified atom stereocenters. The van der Waals surface area contributed by atoms with Crippen molar-refractivity contribution < 1.29 is 10.2 Å². The minimum absolute atomic E-state index is 0.276. The number of rotatable bonds is 4. The summed E-state index contributed by atoms with van der Waals surface area (Å²) in [6, 6.07) is 21.2. The molecule has 24 heavy (non-hydrogen) atoms. The second-order valence-electron chi connectivity index (χ2n) is 6.56. The third kappa shape index (κ3) is 3.60. The average molecular weight is 318 g/mol. The predicted octanol–water partition coefficient (Wildman–Crippen LogP) is 5.63. The van der Waals surface area contributed by atoms with Crippen molar-refractivity contribution in [2.45, 2.75) is 20.3 Å². The van der Waals surface area contributed by atoms with Gasteiger partial charge in [0.2, 0.25) is 0 Å². The van der Waals surface area contributed by atoms with E-state index in [0.717, 1.165) is 23.1 Å². The fraction of sp³-hybridized carbons (Fsp3) is 0.182. The molecule has 2 heteroatoms. The molecule has 0 radical (unpaired) electrons. The van der Waals surface area contributed by atoms with Gasteiger partial charge < -0.3 is 10.2 Å². The summed E-state index contributed by atoms with van der Waals surface area (Å²) in [6.45, 7) is 4.36. The zero-order valence-electron chi connectivity index (χ0n) is 14.0. The highest BCUT2D eigenvalue weighted by atomic mass is 16.3. The van der Waals surface area contributed by atoms with Crippen molar-refractivity contribution in [2.24, 2.45) is 5.92 Å². The molecule has 122 valence electrons. The Kier molecular flexibility index (Phi) is 4.57. The van der Waals surface area contributed by atoms with E-state index in [2.05, 4.69) is 38.1 Å². The van der Waals surface area contributed by atoms with Gasteiger partial charge in [-0.05, 0) is 64.4 Å². The third-order valence-electron chi connectivity index (χ3n) is 4.11. The van der Waals surface area contributed by atoms with Gasteiger partial charge in [0.15, 0.2) is 0 Å². The van der Waals surface area contributed by atoms with Gasteiger partial charge in [0.05, 0.1) is 0 Å². The lowest BCUT2D eigenvalue weighted by Gasteiger charge is -2.13. The zero-order chi connectivity index (χ0) is 17.1. The summed E-state index contributed by atoms with van der Waals surface area (Å²) >= 11 is 0. The van der Waals surface area contributed by atoms with Gasteiger partial charge in [-0.2, -0.15) is 0 Å². The van der Waals surface area contributed by atoms with Crippen LogP contribution < -0.4 is 0 Å². The minimum Gasteiger partial charge on any atom is -0.508 e. The molecule has 0 aliphatic heterocycles. The summed E-state index contributed by atoms with van der Waals surface area (Å²) in [5.41, 5.74) is 5.67. The smallest absolute Gasteiger partial charge is 0.115 e. The molecule has 0 aliphatic carbocycles. The first kappa shape index (κ1) is 16.1. The van der Waals surface area contributed by atoms with Crippen molar-refractivity contribution >= 4 is 0 Å². The van der Waals surface area contributed by atoms with E-state index >= 15 is 0 Å². The Morgan fingerprint density at radius 1 is 0.667 bits per heavy atom. The van der Waals surface area contributed by atoms with Crippen LogP contribution in [0.5, 0.6) is 11.5 Å². The molecule has 0 aromatic heterocycles. The van der Waals surface area contributed by atoms with E-state index in [9.17, 15) is 10.2 Å². The first-order valence-corrected chi connectivity index (χ1v) is 8.24. The number of aromatic hydroxyl groups is 2. The highest BCUT2D eigenvalue weighted by Gasteiger charge is 2.09. The van der Waals surface area contributed by atoms with Crippen LogP contribution in [-0.2, 0) is 6.42 Å². The molecule has 0 amide bonds. The summed E-state index contributed by atoms with van der Waals surface area (Å²) in [6.07, 6.45) is 0.934. The monoisotopic (exact) mass is 318 g/mol. The minimum atomic E-state index is 0.276. The van der Waals surface area contributed by atoms with Gasteiger partial charge in [-0.3, -0.25) is 0 Å². The third-order valence-corrected chi connectivity index (χ3v) is 4.11. The molecule has 3 rings (SSSR count). The number of phenolic OH excluding ortho intramolecular Hbond substituents is 2. The second kappa shape index (κ2) is 6.79. The Hall–Kier alpha value is -2.74. The molecule has 0 saturated heterocycles. The van der Waals surface area contributed by atoms with Gasteiger partial charge in [0, 0.05) is 0 Å². The molecule has 0 aliphatic rings. The average Bonchev–Trinajstić information content (AvgIpc) is 2.55. The zero-order valence-corrected chi connectivity index (χ0v) is 14.0. The Morgan fingerprint density at radius 3 is 1.75 bits per heavy atom. The van der Waals surface area contributed by atoms with Crippen molar-refractivity contribution in [1.82, 2.24) is 0 Å². The molecule has 0 fully saturated rings. The molecule has 0 atom stereocenters. The number of hydrogen-bond acceptors (Lipinski definition) is 2. The summed E-state index contributed by atoms with van der Waals surface area (Å²) in [5, 5.41) is 19.2. The lowest BCUT2D eigenvalue weighted by atomic mass is 9.92. The molecule has 2 nitrogen and oxygen atoms in total. The lowest BCUT2D eigenvalue weighted by molar-refractivity contribution is 0.474. The number of benzene rings is 3. The highest BCUT2D eigenvalue weighted by Crippen LogP contribution is 2.31. The van der Waals surface area contributed by atoms with Crippen LogP contribution in [0.1, 0.15) is 19.4 Å². The van der Waals surface area contributed by atoms with Crippen LogP contribution in [-0.4, -0.2) is 10.2 Å². The molecule has 2 N–H and O–H groups in total. The van der Waals surface area contributed by atoms with Crippen molar-refractivity contribution in [1.29, 1.82) is 0 Å². The topological polar surface area (TPSA) is 40.5 Å². The molecular formula is C22H22O2. The summed E-state index contributed by atoms with van der Waals surface area (Å²) in [5.74, 6) is 1.12. The highest BCUT2D eigenvalue weighted by molar-refractivity contribution is 5.73. The van der Waals surface area contributed by atoms with Crippen LogP contribution in [0.2, 0.25) is 0 Å². The lowest BCUT2D eigenvalue weighted by Crippen LogP contribution is -1.97. The Balaban J connectivity index is 1.95. The van der Waals surface area contributed by atoms with Crippen LogP contribution in [0.4, 0.5) is 0 Å². The van der Waals surface area contributed by atoms with E-state index in [0.29, 0.717) is 11.7 Å².